The maximum Gasteiger partial charge on any atom is 0.221 e. The second-order valence-electron chi connectivity index (χ2n) is 5.29. The molecule has 1 amide bonds. The Morgan fingerprint density at radius 1 is 1.09 bits per heavy atom. The molecule has 2 nitrogen and oxygen atoms in total. The van der Waals surface area contributed by atoms with E-state index in [-0.39, 0.29) is 5.91 Å². The molecule has 0 atom stereocenters. The molecule has 118 valence electrons. The summed E-state index contributed by atoms with van der Waals surface area (Å²) in [4.78, 5) is 13.0. The monoisotopic (exact) mass is 323 g/mol. The fourth-order valence-corrected chi connectivity index (χ4v) is 2.91. The van der Waals surface area contributed by atoms with E-state index in [2.05, 4.69) is 49.2 Å². The number of nitrogens with one attached hydrogen (secondary N) is 1. The van der Waals surface area contributed by atoms with Crippen molar-refractivity contribution in [1.29, 1.82) is 0 Å². The van der Waals surface area contributed by atoms with E-state index >= 15 is 0 Å². The number of benzene rings is 2. The van der Waals surface area contributed by atoms with Crippen LogP contribution < -0.4 is 5.32 Å². The molecule has 0 aliphatic heterocycles. The summed E-state index contributed by atoms with van der Waals surface area (Å²) in [5, 5.41) is 2.83. The van der Waals surface area contributed by atoms with Gasteiger partial charge in [-0.1, -0.05) is 36.1 Å². The van der Waals surface area contributed by atoms with Gasteiger partial charge in [-0.05, 0) is 49.2 Å². The average molecular weight is 323 g/mol. The van der Waals surface area contributed by atoms with E-state index in [0.717, 1.165) is 11.3 Å². The molecule has 0 saturated heterocycles. The van der Waals surface area contributed by atoms with Gasteiger partial charge in [-0.2, -0.15) is 0 Å². The molecule has 2 aromatic rings. The molecule has 0 aromatic heterocycles. The highest BCUT2D eigenvalue weighted by Gasteiger charge is 2.02. The van der Waals surface area contributed by atoms with Crippen LogP contribution in [0.5, 0.6) is 0 Å². The lowest BCUT2D eigenvalue weighted by Gasteiger charge is -2.05. The topological polar surface area (TPSA) is 29.1 Å². The van der Waals surface area contributed by atoms with Crippen molar-refractivity contribution in [2.24, 2.45) is 0 Å². The smallest absolute Gasteiger partial charge is 0.221 e. The Labute approximate surface area is 142 Å². The minimum atomic E-state index is 0.0451. The molecule has 0 bridgehead atoms. The summed E-state index contributed by atoms with van der Waals surface area (Å²) in [6, 6.07) is 16.2. The van der Waals surface area contributed by atoms with Crippen LogP contribution in [0.25, 0.3) is 0 Å². The van der Waals surface area contributed by atoms with Gasteiger partial charge >= 0.3 is 0 Å². The lowest BCUT2D eigenvalue weighted by molar-refractivity contribution is -0.120. The summed E-state index contributed by atoms with van der Waals surface area (Å²) in [7, 11) is 0. The first-order valence-corrected chi connectivity index (χ1v) is 8.64. The highest BCUT2D eigenvalue weighted by molar-refractivity contribution is 7.99. The van der Waals surface area contributed by atoms with E-state index in [1.165, 1.54) is 16.0 Å². The van der Waals surface area contributed by atoms with Crippen LogP contribution >= 0.6 is 11.8 Å². The molecule has 0 saturated carbocycles. The first-order valence-electron chi connectivity index (χ1n) is 7.66. The zero-order valence-electron chi connectivity index (χ0n) is 13.6. The van der Waals surface area contributed by atoms with E-state index in [1.54, 1.807) is 11.8 Å². The predicted molar refractivity (Wildman–Crippen MR) is 97.6 cm³/mol. The van der Waals surface area contributed by atoms with Crippen molar-refractivity contribution < 1.29 is 4.79 Å². The Kier molecular flexibility index (Phi) is 6.77. The highest BCUT2D eigenvalue weighted by atomic mass is 32.2. The van der Waals surface area contributed by atoms with Gasteiger partial charge in [0, 0.05) is 22.6 Å². The Balaban J connectivity index is 1.67. The van der Waals surface area contributed by atoms with Crippen molar-refractivity contribution in [2.75, 3.05) is 12.3 Å². The van der Waals surface area contributed by atoms with Crippen molar-refractivity contribution in [2.45, 2.75) is 25.2 Å². The molecule has 0 aliphatic rings. The van der Waals surface area contributed by atoms with Gasteiger partial charge in [0.2, 0.25) is 5.91 Å². The zero-order valence-corrected chi connectivity index (χ0v) is 14.4. The average Bonchev–Trinajstić information content (AvgIpc) is 2.56. The zero-order chi connectivity index (χ0) is 16.5. The van der Waals surface area contributed by atoms with Crippen LogP contribution in [-0.4, -0.2) is 18.2 Å². The Hall–Kier alpha value is -2.18. The first kappa shape index (κ1) is 17.2. The molecular formula is C20H21NOS. The second-order valence-corrected chi connectivity index (χ2v) is 6.46. The van der Waals surface area contributed by atoms with E-state index in [4.69, 9.17) is 0 Å². The molecule has 0 spiro atoms. The number of hydrogen-bond donors (Lipinski definition) is 1. The van der Waals surface area contributed by atoms with Gasteiger partial charge in [0.25, 0.3) is 0 Å². The standard InChI is InChI=1S/C20H21NOS/c1-16-10-11-19(15-17(16)2)23-14-12-20(22)21-13-6-9-18-7-4-3-5-8-18/h3-5,7-8,10-11,15H,12-14H2,1-2H3,(H,21,22). The molecule has 2 rings (SSSR count). The predicted octanol–water partition coefficient (Wildman–Crippen LogP) is 3.95. The molecule has 1 N–H and O–H groups in total. The molecule has 0 heterocycles. The first-order chi connectivity index (χ1) is 11.1. The van der Waals surface area contributed by atoms with Gasteiger partial charge in [-0.25, -0.2) is 0 Å². The Morgan fingerprint density at radius 2 is 1.87 bits per heavy atom. The van der Waals surface area contributed by atoms with Gasteiger partial charge < -0.3 is 5.32 Å². The van der Waals surface area contributed by atoms with Gasteiger partial charge in [-0.15, -0.1) is 11.8 Å². The summed E-state index contributed by atoms with van der Waals surface area (Å²) >= 11 is 1.71. The lowest BCUT2D eigenvalue weighted by atomic mass is 10.1. The molecule has 2 aromatic carbocycles. The van der Waals surface area contributed by atoms with Gasteiger partial charge in [0.1, 0.15) is 0 Å². The normalized spacial score (nSPS) is 9.83. The van der Waals surface area contributed by atoms with Crippen LogP contribution in [0.1, 0.15) is 23.1 Å². The number of rotatable bonds is 5. The largest absolute Gasteiger partial charge is 0.345 e. The number of carbonyl (C=O) groups excluding carboxylic acids is 1. The fourth-order valence-electron chi connectivity index (χ4n) is 1.96. The van der Waals surface area contributed by atoms with E-state index < -0.39 is 0 Å². The summed E-state index contributed by atoms with van der Waals surface area (Å²) in [5.74, 6) is 6.81. The van der Waals surface area contributed by atoms with Crippen LogP contribution in [0.2, 0.25) is 0 Å². The third-order valence-corrected chi connectivity index (χ3v) is 4.45. The number of amides is 1. The SMILES string of the molecule is Cc1ccc(SCCC(=O)NCC#Cc2ccccc2)cc1C. The molecule has 3 heteroatoms. The molecular weight excluding hydrogens is 302 g/mol. The number of hydrogen-bond acceptors (Lipinski definition) is 2. The maximum atomic E-state index is 11.8. The molecule has 0 aliphatic carbocycles. The number of aryl methyl sites for hydroxylation is 2. The van der Waals surface area contributed by atoms with E-state index in [0.29, 0.717) is 13.0 Å². The van der Waals surface area contributed by atoms with Crippen LogP contribution in [0.3, 0.4) is 0 Å². The quantitative estimate of drug-likeness (QED) is 0.667. The number of thioether (sulfide) groups is 1. The van der Waals surface area contributed by atoms with Gasteiger partial charge in [0.05, 0.1) is 6.54 Å². The van der Waals surface area contributed by atoms with Crippen LogP contribution in [0.15, 0.2) is 53.4 Å². The Bertz CT molecular complexity index is 713. The Morgan fingerprint density at radius 3 is 2.61 bits per heavy atom. The van der Waals surface area contributed by atoms with Gasteiger partial charge in [-0.3, -0.25) is 4.79 Å². The third kappa shape index (κ3) is 6.22. The van der Waals surface area contributed by atoms with Crippen LogP contribution in [0.4, 0.5) is 0 Å². The summed E-state index contributed by atoms with van der Waals surface area (Å²) in [6.07, 6.45) is 0.505. The molecule has 23 heavy (non-hydrogen) atoms. The number of carbonyl (C=O) groups is 1. The van der Waals surface area contributed by atoms with Crippen molar-refractivity contribution in [1.82, 2.24) is 5.32 Å². The van der Waals surface area contributed by atoms with Crippen molar-refractivity contribution in [3.05, 3.63) is 65.2 Å². The minimum Gasteiger partial charge on any atom is -0.345 e. The summed E-state index contributed by atoms with van der Waals surface area (Å²) < 4.78 is 0. The van der Waals surface area contributed by atoms with E-state index in [1.807, 2.05) is 30.3 Å². The maximum absolute atomic E-state index is 11.8. The van der Waals surface area contributed by atoms with Crippen molar-refractivity contribution in [3.63, 3.8) is 0 Å². The third-order valence-electron chi connectivity index (χ3n) is 3.46. The molecule has 0 fully saturated rings. The fraction of sp³-hybridized carbons (Fsp3) is 0.250. The second kappa shape index (κ2) is 9.07. The molecule has 0 radical (unpaired) electrons. The molecule has 0 unspecified atom stereocenters. The van der Waals surface area contributed by atoms with Crippen molar-refractivity contribution >= 4 is 17.7 Å². The summed E-state index contributed by atoms with van der Waals surface area (Å²) in [6.45, 7) is 4.60. The summed E-state index contributed by atoms with van der Waals surface area (Å²) in [5.41, 5.74) is 3.55. The highest BCUT2D eigenvalue weighted by Crippen LogP contribution is 2.21. The van der Waals surface area contributed by atoms with Crippen LogP contribution in [-0.2, 0) is 4.79 Å². The van der Waals surface area contributed by atoms with Crippen molar-refractivity contribution in [3.8, 4) is 11.8 Å². The van der Waals surface area contributed by atoms with Crippen LogP contribution in [0, 0.1) is 25.7 Å². The van der Waals surface area contributed by atoms with E-state index in [9.17, 15) is 4.79 Å². The van der Waals surface area contributed by atoms with Gasteiger partial charge in [0.15, 0.2) is 0 Å². The lowest BCUT2D eigenvalue weighted by Crippen LogP contribution is -2.23. The minimum absolute atomic E-state index is 0.0451.